The molecule has 0 amide bonds. The minimum Gasteiger partial charge on any atom is -0.383 e. The average Bonchev–Trinajstić information content (AvgIpc) is 2.31. The van der Waals surface area contributed by atoms with Crippen molar-refractivity contribution in [3.63, 3.8) is 0 Å². The van der Waals surface area contributed by atoms with Gasteiger partial charge in [0.2, 0.25) is 0 Å². The van der Waals surface area contributed by atoms with Crippen LogP contribution in [0.5, 0.6) is 0 Å². The van der Waals surface area contributed by atoms with E-state index in [1.165, 1.54) is 32.7 Å². The summed E-state index contributed by atoms with van der Waals surface area (Å²) in [5.74, 6) is 0.785. The highest BCUT2D eigenvalue weighted by atomic mass is 16.5. The van der Waals surface area contributed by atoms with Crippen LogP contribution in [0.25, 0.3) is 0 Å². The summed E-state index contributed by atoms with van der Waals surface area (Å²) in [5, 5.41) is 3.49. The largest absolute Gasteiger partial charge is 0.383 e. The van der Waals surface area contributed by atoms with Crippen molar-refractivity contribution in [3.8, 4) is 0 Å². The number of nitrogens with zero attached hydrogens (tertiary/aromatic N) is 2. The van der Waals surface area contributed by atoms with E-state index in [4.69, 9.17) is 4.74 Å². The first-order valence-electron chi connectivity index (χ1n) is 7.29. The molecule has 108 valence electrons. The van der Waals surface area contributed by atoms with Gasteiger partial charge in [0.25, 0.3) is 0 Å². The molecule has 1 fully saturated rings. The van der Waals surface area contributed by atoms with Crippen LogP contribution in [0, 0.1) is 5.92 Å². The lowest BCUT2D eigenvalue weighted by Crippen LogP contribution is -2.49. The number of ether oxygens (including phenoxy) is 1. The number of hydrogen-bond donors (Lipinski definition) is 1. The van der Waals surface area contributed by atoms with E-state index in [1.807, 2.05) is 0 Å². The highest BCUT2D eigenvalue weighted by Crippen LogP contribution is 2.04. The molecule has 1 atom stereocenters. The van der Waals surface area contributed by atoms with Crippen molar-refractivity contribution in [2.24, 2.45) is 5.92 Å². The number of nitrogens with one attached hydrogen (secondary N) is 1. The number of hydrogen-bond acceptors (Lipinski definition) is 4. The zero-order chi connectivity index (χ0) is 13.4. The third-order valence-corrected chi connectivity index (χ3v) is 3.43. The number of piperazine rings is 1. The second kappa shape index (κ2) is 8.86. The summed E-state index contributed by atoms with van der Waals surface area (Å²) in [6, 6.07) is 0.456. The van der Waals surface area contributed by atoms with Gasteiger partial charge in [0, 0.05) is 59.0 Å². The molecule has 1 saturated heterocycles. The van der Waals surface area contributed by atoms with Gasteiger partial charge in [0.15, 0.2) is 0 Å². The molecule has 1 rings (SSSR count). The Morgan fingerprint density at radius 2 is 1.67 bits per heavy atom. The highest BCUT2D eigenvalue weighted by molar-refractivity contribution is 4.73. The van der Waals surface area contributed by atoms with E-state index in [9.17, 15) is 0 Å². The Labute approximate surface area is 113 Å². The zero-order valence-electron chi connectivity index (χ0n) is 12.6. The van der Waals surface area contributed by atoms with E-state index in [-0.39, 0.29) is 0 Å². The number of rotatable bonds is 8. The standard InChI is InChI=1S/C14H31N3O/c1-13(2)11-17-9-7-16(8-10-17)6-5-15-14(3)12-18-4/h13-15H,5-12H2,1-4H3. The van der Waals surface area contributed by atoms with Crippen molar-refractivity contribution in [2.45, 2.75) is 26.8 Å². The third-order valence-electron chi connectivity index (χ3n) is 3.43. The number of methoxy groups -OCH3 is 1. The molecule has 18 heavy (non-hydrogen) atoms. The third kappa shape index (κ3) is 6.69. The van der Waals surface area contributed by atoms with Crippen molar-refractivity contribution >= 4 is 0 Å². The topological polar surface area (TPSA) is 27.7 Å². The van der Waals surface area contributed by atoms with E-state index in [1.54, 1.807) is 7.11 Å². The smallest absolute Gasteiger partial charge is 0.0613 e. The van der Waals surface area contributed by atoms with Crippen LogP contribution in [0.2, 0.25) is 0 Å². The summed E-state index contributed by atoms with van der Waals surface area (Å²) >= 11 is 0. The molecule has 1 unspecified atom stereocenters. The van der Waals surface area contributed by atoms with Gasteiger partial charge in [-0.15, -0.1) is 0 Å². The van der Waals surface area contributed by atoms with Crippen LogP contribution in [0.3, 0.4) is 0 Å². The second-order valence-electron chi connectivity index (χ2n) is 5.85. The molecular weight excluding hydrogens is 226 g/mol. The molecule has 0 saturated carbocycles. The van der Waals surface area contributed by atoms with Gasteiger partial charge in [-0.3, -0.25) is 4.90 Å². The van der Waals surface area contributed by atoms with Gasteiger partial charge in [-0.25, -0.2) is 0 Å². The van der Waals surface area contributed by atoms with Gasteiger partial charge >= 0.3 is 0 Å². The fourth-order valence-electron chi connectivity index (χ4n) is 2.49. The van der Waals surface area contributed by atoms with Crippen LogP contribution in [0.4, 0.5) is 0 Å². The zero-order valence-corrected chi connectivity index (χ0v) is 12.6. The summed E-state index contributed by atoms with van der Waals surface area (Å²) < 4.78 is 5.11. The summed E-state index contributed by atoms with van der Waals surface area (Å²) in [7, 11) is 1.76. The lowest BCUT2D eigenvalue weighted by atomic mass is 10.2. The van der Waals surface area contributed by atoms with Crippen LogP contribution in [-0.2, 0) is 4.74 Å². The van der Waals surface area contributed by atoms with Crippen molar-refractivity contribution in [1.82, 2.24) is 15.1 Å². The molecular formula is C14H31N3O. The van der Waals surface area contributed by atoms with Crippen LogP contribution in [0.15, 0.2) is 0 Å². The summed E-state index contributed by atoms with van der Waals surface area (Å²) in [6.45, 7) is 15.9. The average molecular weight is 257 g/mol. The maximum atomic E-state index is 5.11. The van der Waals surface area contributed by atoms with E-state index < -0.39 is 0 Å². The second-order valence-corrected chi connectivity index (χ2v) is 5.85. The Kier molecular flexibility index (Phi) is 7.82. The molecule has 1 heterocycles. The van der Waals surface area contributed by atoms with Crippen LogP contribution >= 0.6 is 0 Å². The monoisotopic (exact) mass is 257 g/mol. The minimum absolute atomic E-state index is 0.456. The molecule has 1 N–H and O–H groups in total. The molecule has 1 aliphatic rings. The molecule has 0 aromatic heterocycles. The SMILES string of the molecule is COCC(C)NCCN1CCN(CC(C)C)CC1. The van der Waals surface area contributed by atoms with E-state index in [0.29, 0.717) is 6.04 Å². The summed E-state index contributed by atoms with van der Waals surface area (Å²) in [6.07, 6.45) is 0. The van der Waals surface area contributed by atoms with Crippen LogP contribution in [-0.4, -0.2) is 75.4 Å². The Morgan fingerprint density at radius 1 is 1.06 bits per heavy atom. The maximum absolute atomic E-state index is 5.11. The van der Waals surface area contributed by atoms with E-state index in [2.05, 4.69) is 35.9 Å². The van der Waals surface area contributed by atoms with Gasteiger partial charge < -0.3 is 15.0 Å². The van der Waals surface area contributed by atoms with Gasteiger partial charge in [-0.1, -0.05) is 13.8 Å². The Balaban J connectivity index is 2.05. The van der Waals surface area contributed by atoms with Crippen molar-refractivity contribution < 1.29 is 4.74 Å². The van der Waals surface area contributed by atoms with E-state index >= 15 is 0 Å². The fraction of sp³-hybridized carbons (Fsp3) is 1.00. The van der Waals surface area contributed by atoms with Gasteiger partial charge in [0.05, 0.1) is 6.61 Å². The molecule has 1 aliphatic heterocycles. The molecule has 0 radical (unpaired) electrons. The van der Waals surface area contributed by atoms with Crippen LogP contribution < -0.4 is 5.32 Å². The first-order valence-corrected chi connectivity index (χ1v) is 7.29. The normalized spacial score (nSPS) is 20.5. The summed E-state index contributed by atoms with van der Waals surface area (Å²) in [4.78, 5) is 5.14. The van der Waals surface area contributed by atoms with Gasteiger partial charge in [0.1, 0.15) is 0 Å². The molecule has 0 aliphatic carbocycles. The lowest BCUT2D eigenvalue weighted by Gasteiger charge is -2.35. The van der Waals surface area contributed by atoms with E-state index in [0.717, 1.165) is 25.6 Å². The molecule has 0 aromatic carbocycles. The lowest BCUT2D eigenvalue weighted by molar-refractivity contribution is 0.119. The van der Waals surface area contributed by atoms with Crippen LogP contribution in [0.1, 0.15) is 20.8 Å². The predicted molar refractivity (Wildman–Crippen MR) is 77.1 cm³/mol. The Morgan fingerprint density at radius 3 is 2.22 bits per heavy atom. The first kappa shape index (κ1) is 15.9. The Bertz CT molecular complexity index is 203. The highest BCUT2D eigenvalue weighted by Gasteiger charge is 2.16. The molecule has 0 aromatic rings. The molecule has 0 spiro atoms. The predicted octanol–water partition coefficient (Wildman–Crippen LogP) is 0.885. The van der Waals surface area contributed by atoms with Gasteiger partial charge in [-0.05, 0) is 12.8 Å². The Hall–Kier alpha value is -0.160. The fourth-order valence-corrected chi connectivity index (χ4v) is 2.49. The maximum Gasteiger partial charge on any atom is 0.0613 e. The molecule has 4 heteroatoms. The molecule has 0 bridgehead atoms. The minimum atomic E-state index is 0.456. The quantitative estimate of drug-likeness (QED) is 0.699. The van der Waals surface area contributed by atoms with Crippen molar-refractivity contribution in [2.75, 3.05) is 59.5 Å². The summed E-state index contributed by atoms with van der Waals surface area (Å²) in [5.41, 5.74) is 0. The van der Waals surface area contributed by atoms with Crippen molar-refractivity contribution in [3.05, 3.63) is 0 Å². The van der Waals surface area contributed by atoms with Crippen molar-refractivity contribution in [1.29, 1.82) is 0 Å². The first-order chi connectivity index (χ1) is 8.61. The molecule has 4 nitrogen and oxygen atoms in total. The van der Waals surface area contributed by atoms with Gasteiger partial charge in [-0.2, -0.15) is 0 Å².